The third kappa shape index (κ3) is 5.02. The van der Waals surface area contributed by atoms with Crippen LogP contribution in [-0.2, 0) is 11.8 Å². The molecule has 344 valence electrons. The fourth-order valence-corrected chi connectivity index (χ4v) is 20.0. The van der Waals surface area contributed by atoms with Gasteiger partial charge in [-0.25, -0.2) is 0 Å². The van der Waals surface area contributed by atoms with Crippen molar-refractivity contribution in [2.24, 2.45) is 0 Å². The second-order valence-corrected chi connectivity index (χ2v) is 27.0. The molecule has 72 heavy (non-hydrogen) atoms. The average Bonchev–Trinajstić information content (AvgIpc) is 3.41. The Morgan fingerprint density at radius 1 is 0.389 bits per heavy atom. The highest BCUT2D eigenvalue weighted by molar-refractivity contribution is 8.26. The minimum Gasteiger partial charge on any atom is -0.310 e. The summed E-state index contributed by atoms with van der Waals surface area (Å²) in [6.07, 6.45) is 0. The molecule has 7 aliphatic heterocycles. The molecule has 0 spiro atoms. The van der Waals surface area contributed by atoms with Gasteiger partial charge in [-0.1, -0.05) is 197 Å². The molecule has 9 aromatic carbocycles. The van der Waals surface area contributed by atoms with Crippen LogP contribution in [0.15, 0.2) is 180 Å². The van der Waals surface area contributed by atoms with Crippen molar-refractivity contribution in [3.8, 4) is 0 Å². The molecule has 9 aromatic rings. The van der Waals surface area contributed by atoms with Gasteiger partial charge in [-0.2, -0.15) is 0 Å². The van der Waals surface area contributed by atoms with Gasteiger partial charge in [0.1, 0.15) is 0 Å². The van der Waals surface area contributed by atoms with Gasteiger partial charge < -0.3 is 19.6 Å². The van der Waals surface area contributed by atoms with Crippen LogP contribution in [0, 0.1) is 0 Å². The summed E-state index contributed by atoms with van der Waals surface area (Å²) in [7, 11) is 0. The molecule has 0 saturated carbocycles. The Balaban J connectivity index is 1.08. The molecule has 0 amide bonds. The fraction of sp³-hybridized carbons (Fsp3) is 0.143. The Hall–Kier alpha value is -6.69. The lowest BCUT2D eigenvalue weighted by Gasteiger charge is -2.57. The summed E-state index contributed by atoms with van der Waals surface area (Å²) in [6, 6.07) is 62.8. The van der Waals surface area contributed by atoms with Crippen LogP contribution >= 0.6 is 17.8 Å². The molecule has 4 nitrogen and oxygen atoms in total. The van der Waals surface area contributed by atoms with E-state index in [2.05, 4.69) is 231 Å². The van der Waals surface area contributed by atoms with Crippen molar-refractivity contribution in [2.45, 2.75) is 69.1 Å². The van der Waals surface area contributed by atoms with E-state index in [0.717, 1.165) is 0 Å². The zero-order chi connectivity index (χ0) is 48.2. The number of fused-ring (bicyclic) bond motifs is 20. The lowest BCUT2D eigenvalue weighted by Crippen LogP contribution is -2.66. The topological polar surface area (TPSA) is 13.0 Å². The molecule has 16 rings (SSSR count). The quantitative estimate of drug-likeness (QED) is 0.128. The first-order valence-corrected chi connectivity index (χ1v) is 29.4. The Labute approximate surface area is 432 Å². The molecule has 0 radical (unpaired) electrons. The highest BCUT2D eigenvalue weighted by Crippen LogP contribution is 2.71. The molecule has 9 heteroatoms. The summed E-state index contributed by atoms with van der Waals surface area (Å²) in [5.74, 6) is 1.14. The SMILES string of the molecule is CC(C)c1cc(C(C)C)c(B2c3ccccc3Sc3cc4c(cc32)B2c3ccccc3N3c5ccccc5P5(=S)c6ccccc6N6c7ccccc7N7c8ccccc8N4c4c2c3c5c6c47)c(C(C)C)c1. The minimum absolute atomic E-state index is 0.0577. The number of nitrogens with zero attached hydrogens (tertiary/aromatic N) is 4. The highest BCUT2D eigenvalue weighted by atomic mass is 32.4. The van der Waals surface area contributed by atoms with Crippen LogP contribution in [0.2, 0.25) is 0 Å². The second-order valence-electron chi connectivity index (χ2n) is 21.7. The molecule has 0 bridgehead atoms. The number of hydrogen-bond acceptors (Lipinski definition) is 6. The maximum absolute atomic E-state index is 7.60. The Morgan fingerprint density at radius 2 is 0.861 bits per heavy atom. The van der Waals surface area contributed by atoms with Crippen LogP contribution in [0.5, 0.6) is 0 Å². The first kappa shape index (κ1) is 41.9. The normalized spacial score (nSPS) is 17.0. The molecule has 0 saturated heterocycles. The minimum atomic E-state index is -2.70. The van der Waals surface area contributed by atoms with Crippen molar-refractivity contribution in [2.75, 3.05) is 19.6 Å². The smallest absolute Gasteiger partial charge is 0.252 e. The van der Waals surface area contributed by atoms with Gasteiger partial charge in [0.25, 0.3) is 6.71 Å². The van der Waals surface area contributed by atoms with Crippen molar-refractivity contribution >= 4 is 160 Å². The fourth-order valence-electron chi connectivity index (χ4n) is 14.0. The molecule has 0 N–H and O–H groups in total. The average molecular weight is 979 g/mol. The number of anilines is 12. The zero-order valence-electron chi connectivity index (χ0n) is 41.1. The number of rotatable bonds is 4. The summed E-state index contributed by atoms with van der Waals surface area (Å²) in [5.41, 5.74) is 27.4. The van der Waals surface area contributed by atoms with Gasteiger partial charge in [-0.15, -0.1) is 0 Å². The lowest BCUT2D eigenvalue weighted by molar-refractivity contribution is 0.812. The first-order chi connectivity index (χ1) is 35.1. The zero-order valence-corrected chi connectivity index (χ0v) is 43.6. The van der Waals surface area contributed by atoms with Gasteiger partial charge in [0.2, 0.25) is 6.71 Å². The Kier molecular flexibility index (Phi) is 8.44. The molecule has 0 aromatic heterocycles. The molecular formula is C63H49B2N4PS2. The number of para-hydroxylation sites is 7. The van der Waals surface area contributed by atoms with Crippen LogP contribution in [-0.4, -0.2) is 13.4 Å². The van der Waals surface area contributed by atoms with E-state index in [-0.39, 0.29) is 13.4 Å². The van der Waals surface area contributed by atoms with Gasteiger partial charge in [-0.05, 0) is 105 Å². The van der Waals surface area contributed by atoms with E-state index >= 15 is 0 Å². The largest absolute Gasteiger partial charge is 0.310 e. The van der Waals surface area contributed by atoms with Gasteiger partial charge in [0, 0.05) is 43.1 Å². The summed E-state index contributed by atoms with van der Waals surface area (Å²) >= 11 is 9.56. The van der Waals surface area contributed by atoms with Crippen LogP contribution in [0.1, 0.15) is 76.0 Å². The van der Waals surface area contributed by atoms with E-state index in [1.165, 1.54) is 143 Å². The predicted octanol–water partition coefficient (Wildman–Crippen LogP) is 12.1. The third-order valence-corrected chi connectivity index (χ3v) is 23.0. The molecule has 1 unspecified atom stereocenters. The molecular weight excluding hydrogens is 929 g/mol. The van der Waals surface area contributed by atoms with Crippen molar-refractivity contribution in [1.29, 1.82) is 0 Å². The Morgan fingerprint density at radius 3 is 1.44 bits per heavy atom. The van der Waals surface area contributed by atoms with Crippen LogP contribution in [0.4, 0.5) is 68.2 Å². The standard InChI is InChI=1S/C63H49B2N4PS2/c1-35(2)38-31-39(36(3)4)57(40(32-38)37(5)6)65-42-20-8-18-30-55(42)72-56-34-52-43(33-44(56)65)64-41-19-7-9-21-45(41)66-50-26-14-16-28-53(50)70(71)54-29-17-15-27-51(54)68-48-24-12-10-22-46(48)67-47-23-11-13-25-49(47)69(52)59-58(64)60(66)63(70)62(68)61(59)67/h7-37H,1-6H3. The maximum Gasteiger partial charge on any atom is 0.252 e. The van der Waals surface area contributed by atoms with Crippen LogP contribution in [0.25, 0.3) is 0 Å². The summed E-state index contributed by atoms with van der Waals surface area (Å²) < 4.78 is 0. The monoisotopic (exact) mass is 978 g/mol. The van der Waals surface area contributed by atoms with Gasteiger partial charge in [-0.3, -0.25) is 0 Å². The third-order valence-electron chi connectivity index (χ3n) is 17.0. The number of hydrogen-bond donors (Lipinski definition) is 0. The van der Waals surface area contributed by atoms with Crippen LogP contribution < -0.4 is 68.3 Å². The lowest BCUT2D eigenvalue weighted by atomic mass is 9.30. The van der Waals surface area contributed by atoms with E-state index in [4.69, 9.17) is 11.8 Å². The summed E-state index contributed by atoms with van der Waals surface area (Å²) in [5, 5.41) is 3.85. The molecule has 0 aliphatic carbocycles. The first-order valence-electron chi connectivity index (χ1n) is 25.8. The molecule has 7 heterocycles. The van der Waals surface area contributed by atoms with Crippen molar-refractivity contribution in [1.82, 2.24) is 0 Å². The van der Waals surface area contributed by atoms with Gasteiger partial charge in [0.15, 0.2) is 0 Å². The number of benzene rings is 9. The Bertz CT molecular complexity index is 3970. The van der Waals surface area contributed by atoms with E-state index < -0.39 is 6.04 Å². The maximum atomic E-state index is 7.60. The van der Waals surface area contributed by atoms with E-state index in [1.54, 1.807) is 0 Å². The molecule has 7 aliphatic rings. The van der Waals surface area contributed by atoms with Gasteiger partial charge >= 0.3 is 0 Å². The van der Waals surface area contributed by atoms with Crippen molar-refractivity contribution in [3.05, 3.63) is 187 Å². The van der Waals surface area contributed by atoms with E-state index in [9.17, 15) is 0 Å². The molecule has 1 atom stereocenters. The van der Waals surface area contributed by atoms with E-state index in [0.29, 0.717) is 17.8 Å². The second kappa shape index (κ2) is 14.5. The highest BCUT2D eigenvalue weighted by Gasteiger charge is 2.58. The van der Waals surface area contributed by atoms with E-state index in [1.807, 2.05) is 11.8 Å². The molecule has 0 fully saturated rings. The van der Waals surface area contributed by atoms with Crippen molar-refractivity contribution in [3.63, 3.8) is 0 Å². The summed E-state index contributed by atoms with van der Waals surface area (Å²) in [6.45, 7) is 14.3. The van der Waals surface area contributed by atoms with Crippen molar-refractivity contribution < 1.29 is 0 Å². The predicted molar refractivity (Wildman–Crippen MR) is 314 cm³/mol. The summed E-state index contributed by atoms with van der Waals surface area (Å²) in [4.78, 5) is 13.2. The van der Waals surface area contributed by atoms with Gasteiger partial charge in [0.05, 0.1) is 56.9 Å². The van der Waals surface area contributed by atoms with Crippen LogP contribution in [0.3, 0.4) is 0 Å².